The first-order valence-electron chi connectivity index (χ1n) is 6.28. The van der Waals surface area contributed by atoms with Crippen LogP contribution >= 0.6 is 23.8 Å². The molecule has 0 aromatic heterocycles. The van der Waals surface area contributed by atoms with Crippen molar-refractivity contribution in [3.8, 4) is 0 Å². The number of rotatable bonds is 6. The van der Waals surface area contributed by atoms with Crippen LogP contribution in [-0.2, 0) is 6.54 Å². The van der Waals surface area contributed by atoms with Gasteiger partial charge in [0.15, 0.2) is 0 Å². The molecule has 2 N–H and O–H groups in total. The van der Waals surface area contributed by atoms with Gasteiger partial charge in [-0.2, -0.15) is 0 Å². The fourth-order valence-corrected chi connectivity index (χ4v) is 2.51. The summed E-state index contributed by atoms with van der Waals surface area (Å²) in [7, 11) is 2.13. The summed E-state index contributed by atoms with van der Waals surface area (Å²) in [6.45, 7) is 5.27. The highest BCUT2D eigenvalue weighted by molar-refractivity contribution is 7.80. The predicted molar refractivity (Wildman–Crippen MR) is 83.2 cm³/mol. The van der Waals surface area contributed by atoms with Crippen molar-refractivity contribution in [2.75, 3.05) is 7.05 Å². The van der Waals surface area contributed by atoms with E-state index in [1.807, 2.05) is 18.2 Å². The van der Waals surface area contributed by atoms with E-state index in [1.165, 1.54) is 0 Å². The van der Waals surface area contributed by atoms with Gasteiger partial charge in [-0.1, -0.05) is 49.8 Å². The van der Waals surface area contributed by atoms with E-state index in [4.69, 9.17) is 29.6 Å². The molecule has 1 aromatic carbocycles. The lowest BCUT2D eigenvalue weighted by Crippen LogP contribution is -2.30. The molecule has 0 unspecified atom stereocenters. The Kier molecular flexibility index (Phi) is 6.06. The van der Waals surface area contributed by atoms with Crippen LogP contribution in [0.25, 0.3) is 0 Å². The van der Waals surface area contributed by atoms with Gasteiger partial charge in [0.25, 0.3) is 0 Å². The van der Waals surface area contributed by atoms with E-state index in [9.17, 15) is 0 Å². The molecule has 0 saturated heterocycles. The van der Waals surface area contributed by atoms with E-state index in [0.29, 0.717) is 11.0 Å². The van der Waals surface area contributed by atoms with E-state index >= 15 is 0 Å². The van der Waals surface area contributed by atoms with Crippen LogP contribution in [0.15, 0.2) is 18.2 Å². The summed E-state index contributed by atoms with van der Waals surface area (Å²) in [5.74, 6) is 0. The van der Waals surface area contributed by atoms with E-state index in [1.54, 1.807) is 0 Å². The van der Waals surface area contributed by atoms with Gasteiger partial charge in [0, 0.05) is 23.2 Å². The summed E-state index contributed by atoms with van der Waals surface area (Å²) in [5, 5.41) is 0.734. The highest BCUT2D eigenvalue weighted by Gasteiger charge is 2.12. The Hall–Kier alpha value is -0.640. The van der Waals surface area contributed by atoms with Gasteiger partial charge in [-0.05, 0) is 31.5 Å². The van der Waals surface area contributed by atoms with Crippen molar-refractivity contribution in [3.05, 3.63) is 34.3 Å². The Morgan fingerprint density at radius 1 is 1.39 bits per heavy atom. The molecule has 0 aliphatic rings. The maximum absolute atomic E-state index is 6.27. The molecule has 0 spiro atoms. The third-order valence-electron chi connectivity index (χ3n) is 3.32. The van der Waals surface area contributed by atoms with Gasteiger partial charge in [0.1, 0.15) is 4.99 Å². The topological polar surface area (TPSA) is 29.3 Å². The number of nitrogens with zero attached hydrogens (tertiary/aromatic N) is 1. The normalized spacial score (nSPS) is 11.2. The van der Waals surface area contributed by atoms with Gasteiger partial charge in [0.05, 0.1) is 0 Å². The Morgan fingerprint density at radius 2 is 2.00 bits per heavy atom. The molecule has 4 heteroatoms. The van der Waals surface area contributed by atoms with E-state index in [2.05, 4.69) is 25.8 Å². The molecule has 0 saturated carbocycles. The highest BCUT2D eigenvalue weighted by Crippen LogP contribution is 2.21. The monoisotopic (exact) mass is 284 g/mol. The summed E-state index contributed by atoms with van der Waals surface area (Å²) in [4.78, 5) is 2.72. The van der Waals surface area contributed by atoms with E-state index in [0.717, 1.165) is 35.5 Å². The molecule has 18 heavy (non-hydrogen) atoms. The van der Waals surface area contributed by atoms with Crippen LogP contribution in [0.5, 0.6) is 0 Å². The zero-order valence-corrected chi connectivity index (χ0v) is 12.8. The lowest BCUT2D eigenvalue weighted by atomic mass is 10.1. The van der Waals surface area contributed by atoms with Gasteiger partial charge >= 0.3 is 0 Å². The van der Waals surface area contributed by atoms with Crippen LogP contribution in [0.2, 0.25) is 5.02 Å². The van der Waals surface area contributed by atoms with Crippen molar-refractivity contribution in [3.63, 3.8) is 0 Å². The second-order valence-corrected chi connectivity index (χ2v) is 5.40. The lowest BCUT2D eigenvalue weighted by Gasteiger charge is -2.26. The molecular formula is C14H21ClN2S. The average Bonchev–Trinajstić information content (AvgIpc) is 2.33. The molecule has 0 fully saturated rings. The molecule has 0 amide bonds. The number of thiocarbonyl (C=S) groups is 1. The summed E-state index contributed by atoms with van der Waals surface area (Å²) in [6, 6.07) is 6.39. The summed E-state index contributed by atoms with van der Waals surface area (Å²) in [6.07, 6.45) is 2.30. The number of nitrogens with two attached hydrogens (primary N) is 1. The molecular weight excluding hydrogens is 264 g/mol. The average molecular weight is 285 g/mol. The maximum Gasteiger partial charge on any atom is 0.104 e. The molecule has 2 nitrogen and oxygen atoms in total. The summed E-state index contributed by atoms with van der Waals surface area (Å²) >= 11 is 11.2. The second-order valence-electron chi connectivity index (χ2n) is 4.56. The zero-order valence-electron chi connectivity index (χ0n) is 11.2. The number of hydrogen-bond acceptors (Lipinski definition) is 2. The minimum absolute atomic E-state index is 0.386. The van der Waals surface area contributed by atoms with E-state index in [-0.39, 0.29) is 0 Å². The second kappa shape index (κ2) is 7.07. The van der Waals surface area contributed by atoms with Crippen LogP contribution < -0.4 is 5.73 Å². The van der Waals surface area contributed by atoms with Gasteiger partial charge in [-0.15, -0.1) is 0 Å². The molecule has 0 heterocycles. The molecule has 0 aliphatic carbocycles. The van der Waals surface area contributed by atoms with Crippen LogP contribution in [0.3, 0.4) is 0 Å². The fourth-order valence-electron chi connectivity index (χ4n) is 2.14. The minimum atomic E-state index is 0.386. The Morgan fingerprint density at radius 3 is 2.44 bits per heavy atom. The first kappa shape index (κ1) is 15.4. The SMILES string of the molecule is CCC(CC)N(C)Cc1ccc(C(N)=S)cc1Cl. The van der Waals surface area contributed by atoms with Crippen molar-refractivity contribution in [1.82, 2.24) is 4.90 Å². The largest absolute Gasteiger partial charge is 0.389 e. The number of hydrogen-bond donors (Lipinski definition) is 1. The molecule has 1 rings (SSSR count). The predicted octanol–water partition coefficient (Wildman–Crippen LogP) is 3.59. The summed E-state index contributed by atoms with van der Waals surface area (Å²) in [5.41, 5.74) is 7.53. The van der Waals surface area contributed by atoms with Crippen LogP contribution in [0, 0.1) is 0 Å². The molecule has 0 bridgehead atoms. The molecule has 1 aromatic rings. The zero-order chi connectivity index (χ0) is 13.7. The van der Waals surface area contributed by atoms with Crippen LogP contribution in [0.1, 0.15) is 37.8 Å². The van der Waals surface area contributed by atoms with Crippen molar-refractivity contribution in [2.45, 2.75) is 39.3 Å². The maximum atomic E-state index is 6.27. The number of halogens is 1. The van der Waals surface area contributed by atoms with Gasteiger partial charge in [-0.3, -0.25) is 4.90 Å². The Bertz CT molecular complexity index is 416. The van der Waals surface area contributed by atoms with Crippen LogP contribution in [-0.4, -0.2) is 23.0 Å². The smallest absolute Gasteiger partial charge is 0.104 e. The van der Waals surface area contributed by atoms with Crippen molar-refractivity contribution >= 4 is 28.8 Å². The fraction of sp³-hybridized carbons (Fsp3) is 0.500. The lowest BCUT2D eigenvalue weighted by molar-refractivity contribution is 0.222. The Balaban J connectivity index is 2.82. The highest BCUT2D eigenvalue weighted by atomic mass is 35.5. The molecule has 0 radical (unpaired) electrons. The van der Waals surface area contributed by atoms with Gasteiger partial charge in [-0.25, -0.2) is 0 Å². The van der Waals surface area contributed by atoms with Crippen molar-refractivity contribution in [2.24, 2.45) is 5.73 Å². The molecule has 0 atom stereocenters. The van der Waals surface area contributed by atoms with Crippen molar-refractivity contribution < 1.29 is 0 Å². The quantitative estimate of drug-likeness (QED) is 0.810. The molecule has 100 valence electrons. The Labute approximate surface area is 120 Å². The first-order chi connectivity index (χ1) is 8.49. The van der Waals surface area contributed by atoms with Gasteiger partial charge in [0.2, 0.25) is 0 Å². The third kappa shape index (κ3) is 3.94. The van der Waals surface area contributed by atoms with Crippen molar-refractivity contribution in [1.29, 1.82) is 0 Å². The minimum Gasteiger partial charge on any atom is -0.389 e. The standard InChI is InChI=1S/C14H21ClN2S/c1-4-12(5-2)17(3)9-11-7-6-10(14(16)18)8-13(11)15/h6-8,12H,4-5,9H2,1-3H3,(H2,16,18). The number of benzene rings is 1. The third-order valence-corrected chi connectivity index (χ3v) is 3.91. The summed E-state index contributed by atoms with van der Waals surface area (Å²) < 4.78 is 0. The van der Waals surface area contributed by atoms with E-state index < -0.39 is 0 Å². The van der Waals surface area contributed by atoms with Gasteiger partial charge < -0.3 is 5.73 Å². The van der Waals surface area contributed by atoms with Crippen LogP contribution in [0.4, 0.5) is 0 Å². The first-order valence-corrected chi connectivity index (χ1v) is 7.06. The molecule has 0 aliphatic heterocycles.